The molecule has 23 heavy (non-hydrogen) atoms. The standard InChI is InChI=1S/C17H22Cl2N2O2/c18-15-9-14-8-13(12-23-17(14)16(19)10-15)11-20-2-1-3-21-4-6-22-7-5-21/h8-10,20H,1-7,11-12H2. The molecule has 1 fully saturated rings. The van der Waals surface area contributed by atoms with Crippen molar-refractivity contribution in [3.63, 3.8) is 0 Å². The van der Waals surface area contributed by atoms with Gasteiger partial charge in [-0.2, -0.15) is 0 Å². The van der Waals surface area contributed by atoms with Crippen molar-refractivity contribution in [2.24, 2.45) is 0 Å². The van der Waals surface area contributed by atoms with E-state index in [9.17, 15) is 0 Å². The normalized spacial score (nSPS) is 18.3. The highest BCUT2D eigenvalue weighted by Gasteiger charge is 2.15. The average molecular weight is 357 g/mol. The SMILES string of the molecule is Clc1cc(Cl)c2c(c1)C=C(CNCCCN1CCOCC1)CO2. The predicted molar refractivity (Wildman–Crippen MR) is 94.7 cm³/mol. The summed E-state index contributed by atoms with van der Waals surface area (Å²) in [5.41, 5.74) is 2.17. The maximum Gasteiger partial charge on any atom is 0.145 e. The van der Waals surface area contributed by atoms with E-state index in [0.717, 1.165) is 63.7 Å². The third kappa shape index (κ3) is 4.85. The molecule has 0 bridgehead atoms. The first-order valence-electron chi connectivity index (χ1n) is 8.04. The van der Waals surface area contributed by atoms with Crippen LogP contribution in [0, 0.1) is 0 Å². The first-order valence-corrected chi connectivity index (χ1v) is 8.80. The molecule has 0 radical (unpaired) electrons. The zero-order chi connectivity index (χ0) is 16.1. The molecule has 1 aromatic rings. The Kier molecular flexibility index (Phi) is 6.20. The van der Waals surface area contributed by atoms with Crippen LogP contribution in [0.4, 0.5) is 0 Å². The molecule has 0 spiro atoms. The van der Waals surface area contributed by atoms with Gasteiger partial charge in [-0.3, -0.25) is 4.90 Å². The van der Waals surface area contributed by atoms with Gasteiger partial charge < -0.3 is 14.8 Å². The van der Waals surface area contributed by atoms with Gasteiger partial charge in [0.15, 0.2) is 0 Å². The van der Waals surface area contributed by atoms with Gasteiger partial charge in [-0.25, -0.2) is 0 Å². The van der Waals surface area contributed by atoms with Gasteiger partial charge in [-0.15, -0.1) is 0 Å². The van der Waals surface area contributed by atoms with E-state index in [1.54, 1.807) is 6.07 Å². The maximum absolute atomic E-state index is 6.15. The lowest BCUT2D eigenvalue weighted by Gasteiger charge is -2.26. The lowest BCUT2D eigenvalue weighted by molar-refractivity contribution is 0.0375. The fourth-order valence-electron chi connectivity index (χ4n) is 2.87. The van der Waals surface area contributed by atoms with Crippen LogP contribution < -0.4 is 10.1 Å². The molecular weight excluding hydrogens is 335 g/mol. The summed E-state index contributed by atoms with van der Waals surface area (Å²) >= 11 is 12.2. The number of morpholine rings is 1. The van der Waals surface area contributed by atoms with E-state index in [2.05, 4.69) is 16.3 Å². The van der Waals surface area contributed by atoms with Crippen molar-refractivity contribution in [3.05, 3.63) is 33.3 Å². The minimum Gasteiger partial charge on any atom is -0.487 e. The zero-order valence-electron chi connectivity index (χ0n) is 13.1. The van der Waals surface area contributed by atoms with Crippen molar-refractivity contribution >= 4 is 29.3 Å². The molecule has 0 amide bonds. The van der Waals surface area contributed by atoms with Crippen molar-refractivity contribution in [1.29, 1.82) is 0 Å². The third-order valence-corrected chi connectivity index (χ3v) is 4.58. The Balaban J connectivity index is 1.43. The van der Waals surface area contributed by atoms with E-state index in [1.807, 2.05) is 6.07 Å². The summed E-state index contributed by atoms with van der Waals surface area (Å²) in [6.45, 7) is 7.36. The van der Waals surface area contributed by atoms with Gasteiger partial charge in [0.05, 0.1) is 18.2 Å². The number of hydrogen-bond acceptors (Lipinski definition) is 4. The summed E-state index contributed by atoms with van der Waals surface area (Å²) in [7, 11) is 0. The van der Waals surface area contributed by atoms with Gasteiger partial charge in [0.2, 0.25) is 0 Å². The van der Waals surface area contributed by atoms with Crippen molar-refractivity contribution in [1.82, 2.24) is 10.2 Å². The largest absolute Gasteiger partial charge is 0.487 e. The highest BCUT2D eigenvalue weighted by atomic mass is 35.5. The van der Waals surface area contributed by atoms with E-state index >= 15 is 0 Å². The number of ether oxygens (including phenoxy) is 2. The Morgan fingerprint density at radius 2 is 2.00 bits per heavy atom. The Hall–Kier alpha value is -0.780. The molecule has 126 valence electrons. The second-order valence-electron chi connectivity index (χ2n) is 5.88. The summed E-state index contributed by atoms with van der Waals surface area (Å²) < 4.78 is 11.1. The summed E-state index contributed by atoms with van der Waals surface area (Å²) in [6.07, 6.45) is 3.26. The number of rotatable bonds is 6. The number of benzene rings is 1. The van der Waals surface area contributed by atoms with E-state index < -0.39 is 0 Å². The minimum absolute atomic E-state index is 0.571. The van der Waals surface area contributed by atoms with Gasteiger partial charge in [-0.05, 0) is 43.3 Å². The van der Waals surface area contributed by atoms with E-state index in [1.165, 1.54) is 5.57 Å². The van der Waals surface area contributed by atoms with Crippen LogP contribution in [0.2, 0.25) is 10.0 Å². The lowest BCUT2D eigenvalue weighted by Crippen LogP contribution is -2.37. The number of nitrogens with one attached hydrogen (secondary N) is 1. The van der Waals surface area contributed by atoms with Crippen molar-refractivity contribution in [2.75, 3.05) is 52.5 Å². The molecule has 0 aromatic heterocycles. The minimum atomic E-state index is 0.571. The molecular formula is C17H22Cl2N2O2. The van der Waals surface area contributed by atoms with E-state index in [-0.39, 0.29) is 0 Å². The second kappa shape index (κ2) is 8.36. The molecule has 2 aliphatic heterocycles. The van der Waals surface area contributed by atoms with Crippen LogP contribution in [0.3, 0.4) is 0 Å². The molecule has 6 heteroatoms. The molecule has 0 atom stereocenters. The fourth-order valence-corrected chi connectivity index (χ4v) is 3.43. The van der Waals surface area contributed by atoms with Gasteiger partial charge in [0, 0.05) is 30.2 Å². The summed E-state index contributed by atoms with van der Waals surface area (Å²) in [5, 5.41) is 4.69. The smallest absolute Gasteiger partial charge is 0.145 e. The first-order chi connectivity index (χ1) is 11.2. The Morgan fingerprint density at radius 1 is 1.17 bits per heavy atom. The monoisotopic (exact) mass is 356 g/mol. The highest BCUT2D eigenvalue weighted by molar-refractivity contribution is 6.36. The number of nitrogens with zero attached hydrogens (tertiary/aromatic N) is 1. The molecule has 2 heterocycles. The van der Waals surface area contributed by atoms with Crippen LogP contribution in [0.5, 0.6) is 5.75 Å². The van der Waals surface area contributed by atoms with Gasteiger partial charge in [0.1, 0.15) is 12.4 Å². The zero-order valence-corrected chi connectivity index (χ0v) is 14.6. The van der Waals surface area contributed by atoms with Gasteiger partial charge in [0.25, 0.3) is 0 Å². The molecule has 0 unspecified atom stereocenters. The van der Waals surface area contributed by atoms with E-state index in [4.69, 9.17) is 32.7 Å². The molecule has 1 saturated heterocycles. The molecule has 0 saturated carbocycles. The van der Waals surface area contributed by atoms with Crippen molar-refractivity contribution < 1.29 is 9.47 Å². The van der Waals surface area contributed by atoms with Crippen LogP contribution in [0.25, 0.3) is 6.08 Å². The quantitative estimate of drug-likeness (QED) is 0.794. The molecule has 1 aromatic carbocycles. The van der Waals surface area contributed by atoms with Gasteiger partial charge in [-0.1, -0.05) is 23.2 Å². The first kappa shape index (κ1) is 17.1. The van der Waals surface area contributed by atoms with Crippen LogP contribution in [0.1, 0.15) is 12.0 Å². The Morgan fingerprint density at radius 3 is 2.83 bits per heavy atom. The molecule has 3 rings (SSSR count). The maximum atomic E-state index is 6.15. The number of hydrogen-bond donors (Lipinski definition) is 1. The summed E-state index contributed by atoms with van der Waals surface area (Å²) in [4.78, 5) is 2.45. The van der Waals surface area contributed by atoms with Crippen molar-refractivity contribution in [2.45, 2.75) is 6.42 Å². The third-order valence-electron chi connectivity index (χ3n) is 4.08. The van der Waals surface area contributed by atoms with Crippen molar-refractivity contribution in [3.8, 4) is 5.75 Å². The van der Waals surface area contributed by atoms with Crippen LogP contribution >= 0.6 is 23.2 Å². The second-order valence-corrected chi connectivity index (χ2v) is 6.73. The average Bonchev–Trinajstić information content (AvgIpc) is 2.55. The van der Waals surface area contributed by atoms with Crippen LogP contribution in [0.15, 0.2) is 17.7 Å². The highest BCUT2D eigenvalue weighted by Crippen LogP contribution is 2.36. The molecule has 2 aliphatic rings. The predicted octanol–water partition coefficient (Wildman–Crippen LogP) is 3.08. The summed E-state index contributed by atoms with van der Waals surface area (Å²) in [6, 6.07) is 3.60. The van der Waals surface area contributed by atoms with Crippen LogP contribution in [-0.4, -0.2) is 57.4 Å². The Bertz CT molecular complexity index is 572. The summed E-state index contributed by atoms with van der Waals surface area (Å²) in [5.74, 6) is 0.729. The number of halogens is 2. The molecule has 1 N–H and O–H groups in total. The fraction of sp³-hybridized carbons (Fsp3) is 0.529. The number of fused-ring (bicyclic) bond motifs is 1. The topological polar surface area (TPSA) is 33.7 Å². The molecule has 0 aliphatic carbocycles. The Labute approximate surface area is 147 Å². The lowest BCUT2D eigenvalue weighted by atomic mass is 10.1. The molecule has 4 nitrogen and oxygen atoms in total. The van der Waals surface area contributed by atoms with E-state index in [0.29, 0.717) is 16.7 Å². The van der Waals surface area contributed by atoms with Gasteiger partial charge >= 0.3 is 0 Å². The van der Waals surface area contributed by atoms with Crippen LogP contribution in [-0.2, 0) is 4.74 Å².